The molecule has 1 saturated carbocycles. The van der Waals surface area contributed by atoms with Crippen LogP contribution in [-0.2, 0) is 12.1 Å². The zero-order valence-electron chi connectivity index (χ0n) is 17.6. The van der Waals surface area contributed by atoms with Crippen LogP contribution < -0.4 is 15.0 Å². The Bertz CT molecular complexity index is 1080. The third kappa shape index (κ3) is 4.19. The van der Waals surface area contributed by atoms with Crippen molar-refractivity contribution in [2.75, 3.05) is 12.0 Å². The first-order valence-corrected chi connectivity index (χ1v) is 10.7. The lowest BCUT2D eigenvalue weighted by Gasteiger charge is -2.45. The van der Waals surface area contributed by atoms with Crippen LogP contribution in [0.15, 0.2) is 42.5 Å². The topological polar surface area (TPSA) is 84.7 Å². The first kappa shape index (κ1) is 23.2. The first-order chi connectivity index (χ1) is 15.6. The molecule has 0 unspecified atom stereocenters. The van der Waals surface area contributed by atoms with Crippen LogP contribution in [0.4, 0.5) is 23.7 Å². The fourth-order valence-corrected chi connectivity index (χ4v) is 4.48. The Morgan fingerprint density at radius 1 is 1.27 bits per heavy atom. The van der Waals surface area contributed by atoms with E-state index < -0.39 is 34.3 Å². The molecule has 1 heterocycles. The minimum absolute atomic E-state index is 0.0172. The van der Waals surface area contributed by atoms with E-state index in [2.05, 4.69) is 0 Å². The zero-order valence-corrected chi connectivity index (χ0v) is 18.3. The van der Waals surface area contributed by atoms with Crippen LogP contribution in [-0.4, -0.2) is 30.3 Å². The maximum Gasteiger partial charge on any atom is 0.422 e. The highest BCUT2D eigenvalue weighted by atomic mass is 35.5. The summed E-state index contributed by atoms with van der Waals surface area (Å²) in [6.45, 7) is -0.0514. The van der Waals surface area contributed by atoms with E-state index in [4.69, 9.17) is 16.3 Å². The van der Waals surface area contributed by atoms with Crippen molar-refractivity contribution in [3.63, 3.8) is 0 Å². The molecular weight excluding hydrogens is 463 g/mol. The van der Waals surface area contributed by atoms with Crippen molar-refractivity contribution in [2.45, 2.75) is 43.6 Å². The monoisotopic (exact) mass is 483 g/mol. The van der Waals surface area contributed by atoms with E-state index in [0.717, 1.165) is 11.0 Å². The van der Waals surface area contributed by atoms with Crippen molar-refractivity contribution in [3.8, 4) is 5.75 Å². The molecule has 2 aromatic carbocycles. The molecule has 2 aromatic rings. The number of nitro groups is 1. The van der Waals surface area contributed by atoms with E-state index in [1.54, 1.807) is 24.3 Å². The van der Waals surface area contributed by atoms with E-state index in [0.29, 0.717) is 24.2 Å². The predicted octanol–water partition coefficient (Wildman–Crippen LogP) is 5.28. The maximum atomic E-state index is 14.7. The third-order valence-electron chi connectivity index (χ3n) is 6.18. The van der Waals surface area contributed by atoms with E-state index in [1.807, 2.05) is 5.32 Å². The van der Waals surface area contributed by atoms with Crippen molar-refractivity contribution in [1.82, 2.24) is 5.32 Å². The molecular formula is C22H21ClF3N3O4. The zero-order chi connectivity index (χ0) is 24.0. The molecule has 176 valence electrons. The summed E-state index contributed by atoms with van der Waals surface area (Å²) < 4.78 is 49.2. The van der Waals surface area contributed by atoms with Crippen molar-refractivity contribution in [2.24, 2.45) is 5.92 Å². The quantitative estimate of drug-likeness (QED) is 0.429. The number of ether oxygens (including phenoxy) is 1. The summed E-state index contributed by atoms with van der Waals surface area (Å²) in [6, 6.07) is 7.26. The van der Waals surface area contributed by atoms with Gasteiger partial charge >= 0.3 is 12.2 Å². The van der Waals surface area contributed by atoms with Crippen LogP contribution in [0.2, 0.25) is 5.02 Å². The lowest BCUT2D eigenvalue weighted by atomic mass is 9.77. The summed E-state index contributed by atoms with van der Waals surface area (Å²) in [5, 5.41) is 13.9. The standard InChI is InChI=1S/C22H21ClF3N3O4/c1-33-16-7-4-14(5-8-16)12-28-18-9-6-15(23)11-17(18)21(22(24,25)26,27-20(28)30)19(29(31)32)10-13-2-3-13/h4-9,11,13,19H,2-3,10,12H2,1H3,(H,27,30)/t19-,21+/m0/s1. The molecule has 0 bridgehead atoms. The number of alkyl halides is 3. The molecule has 1 aliphatic heterocycles. The highest BCUT2D eigenvalue weighted by molar-refractivity contribution is 6.30. The minimum atomic E-state index is -5.14. The lowest BCUT2D eigenvalue weighted by Crippen LogP contribution is -2.69. The third-order valence-corrected chi connectivity index (χ3v) is 6.41. The fourth-order valence-electron chi connectivity index (χ4n) is 4.31. The molecule has 0 spiro atoms. The number of methoxy groups -OCH3 is 1. The Balaban J connectivity index is 1.84. The van der Waals surface area contributed by atoms with Gasteiger partial charge in [-0.05, 0) is 54.7 Å². The molecule has 0 aromatic heterocycles. The van der Waals surface area contributed by atoms with Gasteiger partial charge in [-0.15, -0.1) is 0 Å². The van der Waals surface area contributed by atoms with Crippen LogP contribution in [0.1, 0.15) is 30.4 Å². The largest absolute Gasteiger partial charge is 0.497 e. The molecule has 33 heavy (non-hydrogen) atoms. The molecule has 2 aliphatic rings. The van der Waals surface area contributed by atoms with Gasteiger partial charge in [0.05, 0.1) is 19.3 Å². The van der Waals surface area contributed by atoms with Gasteiger partial charge in [0, 0.05) is 21.9 Å². The van der Waals surface area contributed by atoms with Crippen molar-refractivity contribution in [1.29, 1.82) is 0 Å². The molecule has 0 saturated heterocycles. The number of amides is 2. The van der Waals surface area contributed by atoms with Gasteiger partial charge in [0.25, 0.3) is 0 Å². The van der Waals surface area contributed by atoms with E-state index in [9.17, 15) is 28.1 Å². The van der Waals surface area contributed by atoms with Crippen molar-refractivity contribution >= 4 is 23.3 Å². The number of nitrogens with one attached hydrogen (secondary N) is 1. The number of carbonyl (C=O) groups is 1. The highest BCUT2D eigenvalue weighted by Crippen LogP contribution is 2.52. The molecule has 4 rings (SSSR count). The number of anilines is 1. The Labute approximate surface area is 192 Å². The predicted molar refractivity (Wildman–Crippen MR) is 115 cm³/mol. The summed E-state index contributed by atoms with van der Waals surface area (Å²) >= 11 is 6.05. The Morgan fingerprint density at radius 2 is 1.94 bits per heavy atom. The van der Waals surface area contributed by atoms with Crippen LogP contribution in [0.3, 0.4) is 0 Å². The molecule has 1 N–H and O–H groups in total. The van der Waals surface area contributed by atoms with Crippen LogP contribution in [0.5, 0.6) is 5.75 Å². The van der Waals surface area contributed by atoms with Crippen molar-refractivity contribution in [3.05, 3.63) is 68.7 Å². The number of hydrogen-bond donors (Lipinski definition) is 1. The van der Waals surface area contributed by atoms with Crippen LogP contribution in [0, 0.1) is 16.0 Å². The Morgan fingerprint density at radius 3 is 2.48 bits per heavy atom. The van der Waals surface area contributed by atoms with Gasteiger partial charge in [0.1, 0.15) is 5.75 Å². The minimum Gasteiger partial charge on any atom is -0.497 e. The second-order valence-corrected chi connectivity index (χ2v) is 8.75. The normalized spacial score (nSPS) is 21.2. The van der Waals surface area contributed by atoms with E-state index in [-0.39, 0.29) is 29.6 Å². The number of urea groups is 1. The van der Waals surface area contributed by atoms with Gasteiger partial charge in [-0.3, -0.25) is 15.0 Å². The second-order valence-electron chi connectivity index (χ2n) is 8.31. The fraction of sp³-hybridized carbons (Fsp3) is 0.409. The van der Waals surface area contributed by atoms with Gasteiger partial charge in [-0.1, -0.05) is 23.7 Å². The van der Waals surface area contributed by atoms with Gasteiger partial charge in [0.15, 0.2) is 0 Å². The second kappa shape index (κ2) is 8.40. The molecule has 7 nitrogen and oxygen atoms in total. The lowest BCUT2D eigenvalue weighted by molar-refractivity contribution is -0.549. The SMILES string of the molecule is COc1ccc(CN2C(=O)N[C@]([C@H](CC3CC3)[N+](=O)[O-])(C(F)(F)F)c3cc(Cl)ccc32)cc1. The summed E-state index contributed by atoms with van der Waals surface area (Å²) in [4.78, 5) is 25.2. The molecule has 11 heteroatoms. The van der Waals surface area contributed by atoms with Crippen LogP contribution in [0.25, 0.3) is 0 Å². The number of fused-ring (bicyclic) bond motifs is 1. The number of rotatable bonds is 7. The Kier molecular flexibility index (Phi) is 5.90. The molecule has 2 atom stereocenters. The summed E-state index contributed by atoms with van der Waals surface area (Å²) in [5.74, 6) is 0.399. The van der Waals surface area contributed by atoms with Gasteiger partial charge in [-0.25, -0.2) is 4.79 Å². The van der Waals surface area contributed by atoms with Gasteiger partial charge < -0.3 is 10.1 Å². The van der Waals surface area contributed by atoms with Crippen molar-refractivity contribution < 1.29 is 27.6 Å². The average molecular weight is 484 g/mol. The van der Waals surface area contributed by atoms with Gasteiger partial charge in [0.2, 0.25) is 11.6 Å². The van der Waals surface area contributed by atoms with Gasteiger partial charge in [-0.2, -0.15) is 13.2 Å². The molecule has 1 aliphatic carbocycles. The Hall–Kier alpha value is -3.01. The highest BCUT2D eigenvalue weighted by Gasteiger charge is 2.70. The van der Waals surface area contributed by atoms with E-state index >= 15 is 0 Å². The average Bonchev–Trinajstić information content (AvgIpc) is 3.58. The number of halogens is 4. The number of carbonyl (C=O) groups excluding carboxylic acids is 1. The smallest absolute Gasteiger partial charge is 0.422 e. The summed E-state index contributed by atoms with van der Waals surface area (Å²) in [6.07, 6.45) is -4.19. The molecule has 0 radical (unpaired) electrons. The first-order valence-electron chi connectivity index (χ1n) is 10.3. The number of benzene rings is 2. The molecule has 1 fully saturated rings. The number of hydrogen-bond acceptors (Lipinski definition) is 4. The molecule has 2 amide bonds. The summed E-state index contributed by atoms with van der Waals surface area (Å²) in [7, 11) is 1.50. The summed E-state index contributed by atoms with van der Waals surface area (Å²) in [5.41, 5.74) is -3.07. The number of nitrogens with zero attached hydrogens (tertiary/aromatic N) is 2. The van der Waals surface area contributed by atoms with E-state index in [1.165, 1.54) is 19.2 Å². The maximum absolute atomic E-state index is 14.7. The van der Waals surface area contributed by atoms with Crippen LogP contribution >= 0.6 is 11.6 Å².